The van der Waals surface area contributed by atoms with E-state index in [-0.39, 0.29) is 10.7 Å². The minimum Gasteiger partial charge on any atom is -0.294 e. The van der Waals surface area contributed by atoms with Crippen molar-refractivity contribution in [1.29, 1.82) is 0 Å². The molecular formula is C14H11FN2OS. The van der Waals surface area contributed by atoms with Crippen molar-refractivity contribution in [3.05, 3.63) is 63.3 Å². The van der Waals surface area contributed by atoms with Crippen molar-refractivity contribution in [1.82, 2.24) is 9.55 Å². The Bertz CT molecular complexity index is 807. The number of fused-ring (bicyclic) bond motifs is 1. The summed E-state index contributed by atoms with van der Waals surface area (Å²) in [5.41, 5.74) is 2.67. The smallest absolute Gasteiger partial charge is 0.294 e. The summed E-state index contributed by atoms with van der Waals surface area (Å²) in [4.78, 5) is 15.9. The third-order valence-corrected chi connectivity index (χ3v) is 4.13. The molecule has 1 aromatic carbocycles. The molecule has 0 bridgehead atoms. The lowest BCUT2D eigenvalue weighted by atomic mass is 10.1. The Morgan fingerprint density at radius 3 is 3.00 bits per heavy atom. The zero-order valence-corrected chi connectivity index (χ0v) is 11.1. The van der Waals surface area contributed by atoms with E-state index >= 15 is 0 Å². The zero-order valence-electron chi connectivity index (χ0n) is 10.3. The van der Waals surface area contributed by atoms with Gasteiger partial charge in [-0.2, -0.15) is 0 Å². The van der Waals surface area contributed by atoms with Crippen LogP contribution in [0.15, 0.2) is 41.5 Å². The first-order valence-electron chi connectivity index (χ1n) is 5.84. The molecule has 0 N–H and O–H groups in total. The molecule has 0 atom stereocenters. The maximum Gasteiger partial charge on any atom is 0.308 e. The summed E-state index contributed by atoms with van der Waals surface area (Å²) in [5.74, 6) is -0.346. The lowest BCUT2D eigenvalue weighted by Gasteiger charge is -2.06. The molecule has 0 spiro atoms. The number of pyridine rings is 1. The van der Waals surface area contributed by atoms with E-state index in [2.05, 4.69) is 4.98 Å². The molecule has 0 amide bonds. The van der Waals surface area contributed by atoms with Gasteiger partial charge in [0, 0.05) is 12.4 Å². The first-order valence-corrected chi connectivity index (χ1v) is 6.66. The second-order valence-electron chi connectivity index (χ2n) is 4.34. The molecule has 2 aromatic heterocycles. The second kappa shape index (κ2) is 4.59. The number of hydrogen-bond acceptors (Lipinski definition) is 3. The van der Waals surface area contributed by atoms with Gasteiger partial charge in [0.15, 0.2) is 0 Å². The highest BCUT2D eigenvalue weighted by Crippen LogP contribution is 2.21. The van der Waals surface area contributed by atoms with Gasteiger partial charge in [0.1, 0.15) is 5.82 Å². The third kappa shape index (κ3) is 2.06. The molecule has 3 rings (SSSR count). The Labute approximate surface area is 113 Å². The Hall–Kier alpha value is -2.01. The van der Waals surface area contributed by atoms with Crippen molar-refractivity contribution >= 4 is 21.6 Å². The van der Waals surface area contributed by atoms with E-state index in [0.717, 1.165) is 22.5 Å². The number of halogens is 1. The van der Waals surface area contributed by atoms with Gasteiger partial charge in [-0.1, -0.05) is 17.4 Å². The van der Waals surface area contributed by atoms with Crippen LogP contribution in [0.5, 0.6) is 0 Å². The fourth-order valence-corrected chi connectivity index (χ4v) is 2.93. The largest absolute Gasteiger partial charge is 0.308 e. The normalized spacial score (nSPS) is 11.1. The van der Waals surface area contributed by atoms with Crippen LogP contribution in [0, 0.1) is 12.7 Å². The van der Waals surface area contributed by atoms with Crippen molar-refractivity contribution in [3.63, 3.8) is 0 Å². The van der Waals surface area contributed by atoms with Crippen LogP contribution in [0.1, 0.15) is 11.1 Å². The van der Waals surface area contributed by atoms with Gasteiger partial charge in [-0.15, -0.1) is 0 Å². The number of benzene rings is 1. The summed E-state index contributed by atoms with van der Waals surface area (Å²) in [7, 11) is 0. The summed E-state index contributed by atoms with van der Waals surface area (Å²) in [5, 5.41) is 0. The van der Waals surface area contributed by atoms with Crippen LogP contribution in [-0.4, -0.2) is 9.55 Å². The van der Waals surface area contributed by atoms with Crippen molar-refractivity contribution in [2.45, 2.75) is 13.5 Å². The van der Waals surface area contributed by atoms with E-state index in [4.69, 9.17) is 0 Å². The Morgan fingerprint density at radius 2 is 2.21 bits per heavy atom. The molecule has 0 radical (unpaired) electrons. The quantitative estimate of drug-likeness (QED) is 0.720. The third-order valence-electron chi connectivity index (χ3n) is 3.12. The number of hydrogen-bond donors (Lipinski definition) is 0. The van der Waals surface area contributed by atoms with Gasteiger partial charge in [0.25, 0.3) is 0 Å². The van der Waals surface area contributed by atoms with Crippen molar-refractivity contribution in [2.75, 3.05) is 0 Å². The highest BCUT2D eigenvalue weighted by Gasteiger charge is 2.11. The summed E-state index contributed by atoms with van der Waals surface area (Å²) in [6.07, 6.45) is 3.46. The van der Waals surface area contributed by atoms with Crippen LogP contribution < -0.4 is 4.87 Å². The van der Waals surface area contributed by atoms with Crippen LogP contribution in [0.25, 0.3) is 10.2 Å². The van der Waals surface area contributed by atoms with Crippen LogP contribution in [0.2, 0.25) is 0 Å². The van der Waals surface area contributed by atoms with Crippen LogP contribution in [-0.2, 0) is 6.54 Å². The van der Waals surface area contributed by atoms with Crippen molar-refractivity contribution in [3.8, 4) is 0 Å². The standard InChI is InChI=1S/C14H11FN2OS/c1-9-5-6-16-7-10(9)8-17-12-4-2-3-11(15)13(12)19-14(17)18/h2-7H,8H2,1H3. The predicted octanol–water partition coefficient (Wildman–Crippen LogP) is 2.95. The topological polar surface area (TPSA) is 34.9 Å². The van der Waals surface area contributed by atoms with Gasteiger partial charge < -0.3 is 0 Å². The molecule has 5 heteroatoms. The predicted molar refractivity (Wildman–Crippen MR) is 74.1 cm³/mol. The van der Waals surface area contributed by atoms with Gasteiger partial charge in [-0.3, -0.25) is 14.3 Å². The van der Waals surface area contributed by atoms with Gasteiger partial charge >= 0.3 is 4.87 Å². The average Bonchev–Trinajstić information content (AvgIpc) is 2.71. The maximum absolute atomic E-state index is 13.6. The Morgan fingerprint density at radius 1 is 1.37 bits per heavy atom. The molecule has 3 aromatic rings. The Kier molecular flexibility index (Phi) is 2.91. The summed E-state index contributed by atoms with van der Waals surface area (Å²) in [6.45, 7) is 2.39. The van der Waals surface area contributed by atoms with E-state index < -0.39 is 0 Å². The molecule has 0 unspecified atom stereocenters. The van der Waals surface area contributed by atoms with Gasteiger partial charge in [0.2, 0.25) is 0 Å². The number of rotatable bonds is 2. The monoisotopic (exact) mass is 274 g/mol. The molecule has 2 heterocycles. The first-order chi connectivity index (χ1) is 9.16. The van der Waals surface area contributed by atoms with E-state index in [1.807, 2.05) is 13.0 Å². The molecule has 96 valence electrons. The molecule has 0 aliphatic carbocycles. The van der Waals surface area contributed by atoms with Gasteiger partial charge in [-0.05, 0) is 36.2 Å². The number of aromatic nitrogens is 2. The van der Waals surface area contributed by atoms with Crippen LogP contribution in [0.3, 0.4) is 0 Å². The molecule has 0 aliphatic heterocycles. The molecule has 0 aliphatic rings. The molecule has 0 saturated carbocycles. The zero-order chi connectivity index (χ0) is 13.4. The van der Waals surface area contributed by atoms with E-state index in [9.17, 15) is 9.18 Å². The van der Waals surface area contributed by atoms with E-state index in [0.29, 0.717) is 16.8 Å². The minimum atomic E-state index is -0.346. The van der Waals surface area contributed by atoms with Gasteiger partial charge in [0.05, 0.1) is 16.8 Å². The molecule has 0 fully saturated rings. The summed E-state index contributed by atoms with van der Waals surface area (Å²) in [6, 6.07) is 6.66. The lowest BCUT2D eigenvalue weighted by Crippen LogP contribution is -2.14. The highest BCUT2D eigenvalue weighted by atomic mass is 32.1. The number of aryl methyl sites for hydroxylation is 1. The minimum absolute atomic E-state index is 0.150. The maximum atomic E-state index is 13.6. The fraction of sp³-hybridized carbons (Fsp3) is 0.143. The Balaban J connectivity index is 2.16. The van der Waals surface area contributed by atoms with Crippen LogP contribution in [0.4, 0.5) is 4.39 Å². The van der Waals surface area contributed by atoms with E-state index in [1.54, 1.807) is 29.1 Å². The summed E-state index contributed by atoms with van der Waals surface area (Å²) < 4.78 is 15.6. The number of thiazole rings is 1. The average molecular weight is 274 g/mol. The lowest BCUT2D eigenvalue weighted by molar-refractivity contribution is 0.641. The van der Waals surface area contributed by atoms with Crippen LogP contribution >= 0.6 is 11.3 Å². The van der Waals surface area contributed by atoms with Crippen molar-refractivity contribution in [2.24, 2.45) is 0 Å². The van der Waals surface area contributed by atoms with E-state index in [1.165, 1.54) is 6.07 Å². The molecule has 0 saturated heterocycles. The highest BCUT2D eigenvalue weighted by molar-refractivity contribution is 7.16. The molecular weight excluding hydrogens is 263 g/mol. The molecule has 19 heavy (non-hydrogen) atoms. The SMILES string of the molecule is Cc1ccncc1Cn1c(=O)sc2c(F)cccc21. The van der Waals surface area contributed by atoms with Gasteiger partial charge in [-0.25, -0.2) is 4.39 Å². The fourth-order valence-electron chi connectivity index (χ4n) is 2.03. The number of nitrogens with zero attached hydrogens (tertiary/aromatic N) is 2. The molecule has 3 nitrogen and oxygen atoms in total. The first kappa shape index (κ1) is 12.0. The second-order valence-corrected chi connectivity index (χ2v) is 5.31. The van der Waals surface area contributed by atoms with Crippen molar-refractivity contribution < 1.29 is 4.39 Å². The summed E-state index contributed by atoms with van der Waals surface area (Å²) >= 11 is 0.942.